The minimum atomic E-state index is -0.492. The van der Waals surface area contributed by atoms with Gasteiger partial charge in [0.1, 0.15) is 5.57 Å². The summed E-state index contributed by atoms with van der Waals surface area (Å²) in [6.45, 7) is 0. The van der Waals surface area contributed by atoms with Crippen LogP contribution in [0.15, 0.2) is 6.20 Å². The number of esters is 1. The predicted octanol–water partition coefficient (Wildman–Crippen LogP) is -1.06. The molecule has 2 N–H and O–H groups in total. The van der Waals surface area contributed by atoms with Crippen molar-refractivity contribution in [1.82, 2.24) is 10.2 Å². The van der Waals surface area contributed by atoms with Gasteiger partial charge in [0, 0.05) is 11.6 Å². The largest absolute Gasteiger partial charge is 0.465 e. The lowest BCUT2D eigenvalue weighted by atomic mass is 10.0. The molecule has 0 unspecified atom stereocenters. The fourth-order valence-electron chi connectivity index (χ4n) is 1.44. The lowest BCUT2D eigenvalue weighted by molar-refractivity contribution is -0.133. The summed E-state index contributed by atoms with van der Waals surface area (Å²) in [5.74, 6) is -0.492. The van der Waals surface area contributed by atoms with E-state index in [1.165, 1.54) is 7.11 Å². The summed E-state index contributed by atoms with van der Waals surface area (Å²) in [6.07, 6.45) is 3.93. The molecule has 72 valence electrons. The van der Waals surface area contributed by atoms with E-state index in [9.17, 15) is 4.79 Å². The quantitative estimate of drug-likeness (QED) is 0.555. The molecular formula is C9H9N3O2. The Labute approximate surface area is 79.6 Å². The lowest BCUT2D eigenvalue weighted by Crippen LogP contribution is -2.35. The minimum Gasteiger partial charge on any atom is -0.465 e. The van der Waals surface area contributed by atoms with Crippen molar-refractivity contribution >= 4 is 23.3 Å². The summed E-state index contributed by atoms with van der Waals surface area (Å²) >= 11 is 0. The van der Waals surface area contributed by atoms with Crippen LogP contribution in [-0.2, 0) is 9.53 Å². The highest BCUT2D eigenvalue weighted by atomic mass is 16.5. The van der Waals surface area contributed by atoms with E-state index >= 15 is 0 Å². The SMILES string of the molecule is COC(=O)C1=c2[nH]ncc2=CCC1=N. The van der Waals surface area contributed by atoms with Crippen molar-refractivity contribution in [2.24, 2.45) is 0 Å². The highest BCUT2D eigenvalue weighted by Gasteiger charge is 2.19. The smallest absolute Gasteiger partial charge is 0.341 e. The summed E-state index contributed by atoms with van der Waals surface area (Å²) < 4.78 is 4.61. The van der Waals surface area contributed by atoms with E-state index in [2.05, 4.69) is 14.9 Å². The number of carbonyl (C=O) groups excluding carboxylic acids is 1. The average molecular weight is 191 g/mol. The molecule has 1 aliphatic carbocycles. The van der Waals surface area contributed by atoms with Crippen LogP contribution in [0.4, 0.5) is 0 Å². The van der Waals surface area contributed by atoms with Crippen LogP contribution >= 0.6 is 0 Å². The number of ether oxygens (including phenoxy) is 1. The summed E-state index contributed by atoms with van der Waals surface area (Å²) in [5, 5.41) is 15.6. The second kappa shape index (κ2) is 3.10. The first kappa shape index (κ1) is 8.68. The molecule has 0 atom stereocenters. The molecule has 0 spiro atoms. The number of rotatable bonds is 1. The number of aromatic nitrogens is 2. The van der Waals surface area contributed by atoms with Gasteiger partial charge in [-0.2, -0.15) is 5.10 Å². The maximum absolute atomic E-state index is 11.4. The molecule has 5 heteroatoms. The van der Waals surface area contributed by atoms with Crippen LogP contribution in [0.25, 0.3) is 11.6 Å². The van der Waals surface area contributed by atoms with Gasteiger partial charge in [-0.25, -0.2) is 4.79 Å². The van der Waals surface area contributed by atoms with Crippen LogP contribution in [0.3, 0.4) is 0 Å². The molecule has 0 aliphatic heterocycles. The van der Waals surface area contributed by atoms with Gasteiger partial charge in [0.25, 0.3) is 0 Å². The Hall–Kier alpha value is -1.91. The third-order valence-electron chi connectivity index (χ3n) is 2.14. The van der Waals surface area contributed by atoms with Crippen molar-refractivity contribution in [1.29, 1.82) is 5.41 Å². The molecule has 0 fully saturated rings. The molecule has 2 rings (SSSR count). The molecule has 5 nitrogen and oxygen atoms in total. The summed E-state index contributed by atoms with van der Waals surface area (Å²) in [6, 6.07) is 0. The highest BCUT2D eigenvalue weighted by molar-refractivity contribution is 6.40. The molecule has 0 radical (unpaired) electrons. The van der Waals surface area contributed by atoms with E-state index in [-0.39, 0.29) is 11.3 Å². The first-order valence-corrected chi connectivity index (χ1v) is 4.14. The zero-order chi connectivity index (χ0) is 10.1. The van der Waals surface area contributed by atoms with E-state index in [1.54, 1.807) is 6.20 Å². The first-order chi connectivity index (χ1) is 6.74. The van der Waals surface area contributed by atoms with E-state index < -0.39 is 5.97 Å². The molecule has 0 saturated carbocycles. The van der Waals surface area contributed by atoms with Gasteiger partial charge in [-0.15, -0.1) is 0 Å². The van der Waals surface area contributed by atoms with Gasteiger partial charge in [-0.05, 0) is 0 Å². The average Bonchev–Trinajstić information content (AvgIpc) is 2.64. The molecule has 1 heterocycles. The van der Waals surface area contributed by atoms with Gasteiger partial charge < -0.3 is 10.1 Å². The molecule has 0 saturated heterocycles. The number of H-pyrrole nitrogens is 1. The predicted molar refractivity (Wildman–Crippen MR) is 50.1 cm³/mol. The van der Waals surface area contributed by atoms with Crippen molar-refractivity contribution < 1.29 is 9.53 Å². The van der Waals surface area contributed by atoms with E-state index in [4.69, 9.17) is 5.41 Å². The van der Waals surface area contributed by atoms with Crippen LogP contribution in [0.1, 0.15) is 6.42 Å². The van der Waals surface area contributed by atoms with Crippen molar-refractivity contribution in [3.05, 3.63) is 16.8 Å². The second-order valence-corrected chi connectivity index (χ2v) is 2.95. The Bertz CT molecular complexity index is 512. The number of methoxy groups -OCH3 is 1. The Morgan fingerprint density at radius 2 is 2.50 bits per heavy atom. The van der Waals surface area contributed by atoms with E-state index in [0.29, 0.717) is 11.8 Å². The van der Waals surface area contributed by atoms with Gasteiger partial charge in [0.15, 0.2) is 0 Å². The number of fused-ring (bicyclic) bond motifs is 1. The number of nitrogens with one attached hydrogen (secondary N) is 2. The summed E-state index contributed by atoms with van der Waals surface area (Å²) in [4.78, 5) is 11.4. The topological polar surface area (TPSA) is 78.8 Å². The number of nitrogens with zero attached hydrogens (tertiary/aromatic N) is 1. The van der Waals surface area contributed by atoms with Crippen LogP contribution in [0, 0.1) is 5.41 Å². The van der Waals surface area contributed by atoms with Crippen LogP contribution in [-0.4, -0.2) is 29.0 Å². The number of hydrogen-bond acceptors (Lipinski definition) is 4. The van der Waals surface area contributed by atoms with Gasteiger partial charge in [0.05, 0.1) is 24.4 Å². The maximum atomic E-state index is 11.4. The molecule has 1 aliphatic rings. The van der Waals surface area contributed by atoms with Crippen LogP contribution in [0.5, 0.6) is 0 Å². The van der Waals surface area contributed by atoms with Crippen LogP contribution < -0.4 is 10.6 Å². The van der Waals surface area contributed by atoms with Crippen molar-refractivity contribution in [2.75, 3.05) is 7.11 Å². The third-order valence-corrected chi connectivity index (χ3v) is 2.14. The van der Waals surface area contributed by atoms with Crippen molar-refractivity contribution in [3.8, 4) is 0 Å². The second-order valence-electron chi connectivity index (χ2n) is 2.95. The molecule has 1 aromatic rings. The van der Waals surface area contributed by atoms with Crippen molar-refractivity contribution in [2.45, 2.75) is 6.42 Å². The van der Waals surface area contributed by atoms with E-state index in [1.807, 2.05) is 6.08 Å². The molecule has 0 aromatic carbocycles. The van der Waals surface area contributed by atoms with Gasteiger partial charge >= 0.3 is 5.97 Å². The van der Waals surface area contributed by atoms with Crippen LogP contribution in [0.2, 0.25) is 0 Å². The van der Waals surface area contributed by atoms with Crippen molar-refractivity contribution in [3.63, 3.8) is 0 Å². The third kappa shape index (κ3) is 1.14. The normalized spacial score (nSPS) is 14.6. The van der Waals surface area contributed by atoms with Gasteiger partial charge in [-0.1, -0.05) is 6.08 Å². The lowest BCUT2D eigenvalue weighted by Gasteiger charge is -2.07. The molecule has 0 amide bonds. The molecule has 14 heavy (non-hydrogen) atoms. The minimum absolute atomic E-state index is 0.258. The zero-order valence-electron chi connectivity index (χ0n) is 7.63. The molecule has 0 bridgehead atoms. The van der Waals surface area contributed by atoms with Gasteiger partial charge in [0.2, 0.25) is 0 Å². The maximum Gasteiger partial charge on any atom is 0.341 e. The Balaban J connectivity index is 2.77. The Morgan fingerprint density at radius 3 is 3.21 bits per heavy atom. The highest BCUT2D eigenvalue weighted by Crippen LogP contribution is 2.04. The number of hydrogen-bond donors (Lipinski definition) is 2. The Morgan fingerprint density at radius 1 is 1.71 bits per heavy atom. The summed E-state index contributed by atoms with van der Waals surface area (Å²) in [5.41, 5.74) is 0.538. The van der Waals surface area contributed by atoms with Gasteiger partial charge in [-0.3, -0.25) is 5.10 Å². The Kier molecular flexibility index (Phi) is 1.92. The molecule has 1 aromatic heterocycles. The first-order valence-electron chi connectivity index (χ1n) is 4.14. The van der Waals surface area contributed by atoms with E-state index in [0.717, 1.165) is 5.22 Å². The standard InChI is InChI=1S/C9H9N3O2/c1-14-9(13)7-6(10)3-2-5-4-11-12-8(5)7/h2,4,10,12H,3H2,1H3. The number of carbonyl (C=O) groups is 1. The monoisotopic (exact) mass is 191 g/mol. The summed E-state index contributed by atoms with van der Waals surface area (Å²) in [7, 11) is 1.30. The fraction of sp³-hybridized carbons (Fsp3) is 0.222. The number of aromatic amines is 1. The fourth-order valence-corrected chi connectivity index (χ4v) is 1.44. The molecular weight excluding hydrogens is 182 g/mol. The zero-order valence-corrected chi connectivity index (χ0v) is 7.63.